The minimum absolute atomic E-state index is 0.305. The quantitative estimate of drug-likeness (QED) is 0.622. The highest BCUT2D eigenvalue weighted by Gasteiger charge is 2.25. The van der Waals surface area contributed by atoms with Gasteiger partial charge in [0.2, 0.25) is 5.90 Å². The molecule has 0 N–H and O–H groups in total. The Morgan fingerprint density at radius 1 is 1.47 bits per heavy atom. The summed E-state index contributed by atoms with van der Waals surface area (Å²) in [6.07, 6.45) is 3.40. The molecule has 6 heteroatoms. The first-order valence-corrected chi connectivity index (χ1v) is 6.58. The first kappa shape index (κ1) is 11.9. The molecule has 96 valence electrons. The minimum Gasteiger partial charge on any atom is -0.401 e. The summed E-state index contributed by atoms with van der Waals surface area (Å²) in [5.41, 5.74) is 2.14. The van der Waals surface area contributed by atoms with Gasteiger partial charge in [-0.15, -0.1) is 11.3 Å². The maximum absolute atomic E-state index is 11.8. The molecule has 0 atom stereocenters. The van der Waals surface area contributed by atoms with Crippen LogP contribution >= 0.6 is 11.3 Å². The van der Waals surface area contributed by atoms with Crippen LogP contribution in [0.25, 0.3) is 6.08 Å². The van der Waals surface area contributed by atoms with Crippen molar-refractivity contribution >= 4 is 29.3 Å². The lowest BCUT2D eigenvalue weighted by Crippen LogP contribution is -2.03. The molecule has 0 aliphatic carbocycles. The molecule has 2 aromatic heterocycles. The number of hydrogen-bond donors (Lipinski definition) is 0. The average Bonchev–Trinajstić information content (AvgIpc) is 3.08. The van der Waals surface area contributed by atoms with Crippen molar-refractivity contribution in [2.45, 2.75) is 6.92 Å². The van der Waals surface area contributed by atoms with Gasteiger partial charge in [-0.1, -0.05) is 6.07 Å². The number of carbonyl (C=O) groups excluding carboxylic acids is 1. The van der Waals surface area contributed by atoms with E-state index in [2.05, 4.69) is 10.1 Å². The van der Waals surface area contributed by atoms with Gasteiger partial charge in [-0.3, -0.25) is 4.68 Å². The summed E-state index contributed by atoms with van der Waals surface area (Å²) in [5, 5.41) is 6.04. The lowest BCUT2D eigenvalue weighted by atomic mass is 10.2. The van der Waals surface area contributed by atoms with Crippen LogP contribution < -0.4 is 0 Å². The number of ether oxygens (including phenoxy) is 1. The third-order valence-corrected chi connectivity index (χ3v) is 3.78. The summed E-state index contributed by atoms with van der Waals surface area (Å²) in [5.74, 6) is -0.0561. The van der Waals surface area contributed by atoms with Gasteiger partial charge in [-0.2, -0.15) is 5.10 Å². The number of hydrogen-bond acceptors (Lipinski definition) is 5. The molecule has 0 fully saturated rings. The average molecular weight is 273 g/mol. The van der Waals surface area contributed by atoms with Crippen molar-refractivity contribution in [2.75, 3.05) is 0 Å². The number of cyclic esters (lactones) is 1. The second-order valence-corrected chi connectivity index (χ2v) is 5.07. The third kappa shape index (κ3) is 2.10. The van der Waals surface area contributed by atoms with Crippen molar-refractivity contribution < 1.29 is 9.53 Å². The molecule has 0 saturated carbocycles. The Morgan fingerprint density at radius 3 is 2.95 bits per heavy atom. The highest BCUT2D eigenvalue weighted by molar-refractivity contribution is 7.12. The molecule has 3 heterocycles. The van der Waals surface area contributed by atoms with Crippen molar-refractivity contribution in [3.05, 3.63) is 45.5 Å². The SMILES string of the molecule is Cc1c(/C=C2\N=C(c3cccs3)OC2=O)cnn1C. The summed E-state index contributed by atoms with van der Waals surface area (Å²) in [4.78, 5) is 16.9. The zero-order valence-electron chi connectivity index (χ0n) is 10.5. The van der Waals surface area contributed by atoms with Crippen molar-refractivity contribution in [3.63, 3.8) is 0 Å². The Hall–Kier alpha value is -2.21. The second-order valence-electron chi connectivity index (χ2n) is 4.12. The van der Waals surface area contributed by atoms with Gasteiger partial charge in [0.15, 0.2) is 5.70 Å². The van der Waals surface area contributed by atoms with Gasteiger partial charge < -0.3 is 4.74 Å². The normalized spacial score (nSPS) is 16.8. The number of thiophene rings is 1. The molecule has 5 nitrogen and oxygen atoms in total. The maximum Gasteiger partial charge on any atom is 0.363 e. The number of aryl methyl sites for hydroxylation is 1. The zero-order chi connectivity index (χ0) is 13.4. The van der Waals surface area contributed by atoms with E-state index in [1.165, 1.54) is 11.3 Å². The monoisotopic (exact) mass is 273 g/mol. The van der Waals surface area contributed by atoms with Crippen LogP contribution in [0.2, 0.25) is 0 Å². The zero-order valence-corrected chi connectivity index (χ0v) is 11.3. The molecular weight excluding hydrogens is 262 g/mol. The fourth-order valence-corrected chi connectivity index (χ4v) is 2.37. The smallest absolute Gasteiger partial charge is 0.363 e. The van der Waals surface area contributed by atoms with Crippen LogP contribution in [-0.2, 0) is 16.6 Å². The van der Waals surface area contributed by atoms with Crippen LogP contribution in [0.15, 0.2) is 34.4 Å². The van der Waals surface area contributed by atoms with Crippen molar-refractivity contribution in [3.8, 4) is 0 Å². The van der Waals surface area contributed by atoms with Crippen molar-refractivity contribution in [1.82, 2.24) is 9.78 Å². The van der Waals surface area contributed by atoms with Crippen LogP contribution in [0, 0.1) is 6.92 Å². The molecule has 1 aliphatic heterocycles. The van der Waals surface area contributed by atoms with E-state index in [-0.39, 0.29) is 0 Å². The highest BCUT2D eigenvalue weighted by atomic mass is 32.1. The van der Waals surface area contributed by atoms with Gasteiger partial charge in [0.25, 0.3) is 0 Å². The van der Waals surface area contributed by atoms with E-state index < -0.39 is 5.97 Å². The fraction of sp³-hybridized carbons (Fsp3) is 0.154. The van der Waals surface area contributed by atoms with Crippen LogP contribution in [0.3, 0.4) is 0 Å². The molecule has 2 aromatic rings. The molecular formula is C13H11N3O2S. The molecule has 0 amide bonds. The summed E-state index contributed by atoms with van der Waals surface area (Å²) >= 11 is 1.49. The first-order chi connectivity index (χ1) is 9.15. The van der Waals surface area contributed by atoms with Gasteiger partial charge in [0, 0.05) is 18.3 Å². The third-order valence-electron chi connectivity index (χ3n) is 2.92. The molecule has 0 radical (unpaired) electrons. The number of esters is 1. The molecule has 19 heavy (non-hydrogen) atoms. The van der Waals surface area contributed by atoms with E-state index in [4.69, 9.17) is 4.74 Å². The summed E-state index contributed by atoms with van der Waals surface area (Å²) < 4.78 is 6.91. The van der Waals surface area contributed by atoms with Crippen molar-refractivity contribution in [2.24, 2.45) is 12.0 Å². The van der Waals surface area contributed by atoms with Gasteiger partial charge in [0.1, 0.15) is 0 Å². The molecule has 0 unspecified atom stereocenters. The summed E-state index contributed by atoms with van der Waals surface area (Å²) in [7, 11) is 1.85. The largest absolute Gasteiger partial charge is 0.401 e. The lowest BCUT2D eigenvalue weighted by molar-refractivity contribution is -0.129. The Kier molecular flexibility index (Phi) is 2.79. The molecule has 0 spiro atoms. The van der Waals surface area contributed by atoms with Gasteiger partial charge >= 0.3 is 5.97 Å². The Morgan fingerprint density at radius 2 is 2.32 bits per heavy atom. The molecule has 0 bridgehead atoms. The predicted octanol–water partition coefficient (Wildman–Crippen LogP) is 2.13. The number of aromatic nitrogens is 2. The first-order valence-electron chi connectivity index (χ1n) is 5.70. The van der Waals surface area contributed by atoms with Crippen molar-refractivity contribution in [1.29, 1.82) is 0 Å². The van der Waals surface area contributed by atoms with Crippen LogP contribution in [0.4, 0.5) is 0 Å². The maximum atomic E-state index is 11.8. The van der Waals surface area contributed by atoms with E-state index >= 15 is 0 Å². The minimum atomic E-state index is -0.424. The van der Waals surface area contributed by atoms with Gasteiger partial charge in [-0.05, 0) is 24.4 Å². The molecule has 0 aromatic carbocycles. The van der Waals surface area contributed by atoms with E-state index in [1.54, 1.807) is 17.0 Å². The number of aliphatic imine (C=N–C) groups is 1. The van der Waals surface area contributed by atoms with Crippen LogP contribution in [-0.4, -0.2) is 21.6 Å². The van der Waals surface area contributed by atoms with Crippen LogP contribution in [0.1, 0.15) is 16.1 Å². The summed E-state index contributed by atoms with van der Waals surface area (Å²) in [6, 6.07) is 3.76. The molecule has 1 aliphatic rings. The number of carbonyl (C=O) groups is 1. The Labute approximate surface area is 113 Å². The van der Waals surface area contributed by atoms with E-state index in [9.17, 15) is 4.79 Å². The van der Waals surface area contributed by atoms with Gasteiger partial charge in [-0.25, -0.2) is 9.79 Å². The number of rotatable bonds is 2. The predicted molar refractivity (Wildman–Crippen MR) is 72.9 cm³/mol. The molecule has 3 rings (SSSR count). The highest BCUT2D eigenvalue weighted by Crippen LogP contribution is 2.22. The fourth-order valence-electron chi connectivity index (χ4n) is 1.72. The van der Waals surface area contributed by atoms with E-state index in [0.717, 1.165) is 16.1 Å². The van der Waals surface area contributed by atoms with Gasteiger partial charge in [0.05, 0.1) is 11.1 Å². The van der Waals surface area contributed by atoms with E-state index in [1.807, 2.05) is 31.5 Å². The standard InChI is InChI=1S/C13H11N3O2S/c1-8-9(7-14-16(8)2)6-10-13(17)18-12(15-10)11-4-3-5-19-11/h3-7H,1-2H3/b10-6-. The Bertz CT molecular complexity index is 696. The Balaban J connectivity index is 1.97. The topological polar surface area (TPSA) is 56.5 Å². The molecule has 0 saturated heterocycles. The second kappa shape index (κ2) is 4.47. The summed E-state index contributed by atoms with van der Waals surface area (Å²) in [6.45, 7) is 1.93. The van der Waals surface area contributed by atoms with E-state index in [0.29, 0.717) is 11.6 Å². The van der Waals surface area contributed by atoms with Crippen LogP contribution in [0.5, 0.6) is 0 Å². The lowest BCUT2D eigenvalue weighted by Gasteiger charge is -1.94. The number of nitrogens with zero attached hydrogens (tertiary/aromatic N) is 3.